The summed E-state index contributed by atoms with van der Waals surface area (Å²) in [5.74, 6) is -3.19. The highest BCUT2D eigenvalue weighted by molar-refractivity contribution is 7.88. The summed E-state index contributed by atoms with van der Waals surface area (Å²) in [7, 11) is -5.97. The Balaban J connectivity index is 0.000000163. The first-order chi connectivity index (χ1) is 37.0. The van der Waals surface area contributed by atoms with Crippen molar-refractivity contribution in [2.75, 3.05) is 80.7 Å². The van der Waals surface area contributed by atoms with Crippen LogP contribution in [0.25, 0.3) is 21.9 Å². The van der Waals surface area contributed by atoms with Crippen LogP contribution in [-0.4, -0.2) is 146 Å². The second-order valence-electron chi connectivity index (χ2n) is 18.2. The molecule has 2 amide bonds. The van der Waals surface area contributed by atoms with Crippen molar-refractivity contribution in [3.05, 3.63) is 117 Å². The predicted octanol–water partition coefficient (Wildman–Crippen LogP) is 4.02. The number of amides is 2. The highest BCUT2D eigenvalue weighted by atomic mass is 32.2. The molecular weight excluding hydrogens is 1070 g/mol. The van der Waals surface area contributed by atoms with Gasteiger partial charge in [0.15, 0.2) is 19.0 Å². The van der Waals surface area contributed by atoms with Crippen molar-refractivity contribution < 1.29 is 81.4 Å². The average Bonchev–Trinajstić information content (AvgIpc) is 3.41. The summed E-state index contributed by atoms with van der Waals surface area (Å²) in [5.41, 5.74) is -0.876. The van der Waals surface area contributed by atoms with Crippen LogP contribution in [-0.2, 0) is 19.7 Å². The number of pyridine rings is 2. The van der Waals surface area contributed by atoms with Crippen molar-refractivity contribution in [2.45, 2.75) is 55.5 Å². The molecule has 2 unspecified atom stereocenters. The van der Waals surface area contributed by atoms with E-state index in [-0.39, 0.29) is 67.2 Å². The van der Waals surface area contributed by atoms with Gasteiger partial charge >= 0.3 is 26.9 Å². The minimum absolute atomic E-state index is 0.0139. The van der Waals surface area contributed by atoms with E-state index in [0.717, 1.165) is 50.5 Å². The van der Waals surface area contributed by atoms with E-state index in [4.69, 9.17) is 19.6 Å². The largest absolute Gasteiger partial charge is 0.534 e. The Labute approximate surface area is 437 Å². The fraction of sp³-hybridized carbons (Fsp3) is 0.388. The summed E-state index contributed by atoms with van der Waals surface area (Å²) in [5, 5.41) is 23.2. The average molecular weight is 1120 g/mol. The van der Waals surface area contributed by atoms with Crippen molar-refractivity contribution in [3.8, 4) is 17.5 Å². The van der Waals surface area contributed by atoms with E-state index < -0.39 is 73.5 Å². The van der Waals surface area contributed by atoms with Gasteiger partial charge in [0.05, 0.1) is 41.7 Å². The number of carbonyl (C=O) groups excluding carboxylic acids is 2. The van der Waals surface area contributed by atoms with Crippen LogP contribution in [0.5, 0.6) is 17.5 Å². The standard InChI is InChI=1S/C24H24F2N4O5.C15H21FN4O3.C10H4F4O5S/c25-14-1-2-21-18(7-14)19(9-23(33)35-21)27-11-17(31)12-29-5-3-16(4-6-29)30-20-8-15(26)10-28-24(20)34-13-22(30)32;16-10-5-13-15(18-7-10)23-9-14(22)20(13)11-1-3-19(4-2-11)8-12(21)6-17;11-5-1-2-7-6(3-5)8(4-9(15)18-7)19-20(16,17)10(12,13)14/h1-2,7-10,16-17,27,31H,3-6,11-13H2;5,7,11-12,21H,1-4,6,8-9,17H2;1-4H. The normalized spacial score (nSPS) is 17.4. The Hall–Kier alpha value is -7.44. The lowest BCUT2D eigenvalue weighted by Gasteiger charge is -2.40. The van der Waals surface area contributed by atoms with Gasteiger partial charge in [-0.05, 0) is 62.1 Å². The van der Waals surface area contributed by atoms with Gasteiger partial charge in [0, 0.05) is 88.0 Å². The quantitative estimate of drug-likeness (QED) is 0.0583. The molecule has 10 rings (SSSR count). The lowest BCUT2D eigenvalue weighted by molar-refractivity contribution is -0.122. The van der Waals surface area contributed by atoms with Crippen molar-refractivity contribution in [2.24, 2.45) is 5.73 Å². The number of benzene rings is 2. The molecule has 418 valence electrons. The van der Waals surface area contributed by atoms with Gasteiger partial charge in [0.1, 0.15) is 45.8 Å². The van der Waals surface area contributed by atoms with Crippen LogP contribution in [0.2, 0.25) is 0 Å². The van der Waals surface area contributed by atoms with E-state index in [1.807, 2.05) is 0 Å². The number of hydrogen-bond donors (Lipinski definition) is 4. The van der Waals surface area contributed by atoms with E-state index in [2.05, 4.69) is 33.7 Å². The number of rotatable bonds is 12. The molecule has 78 heavy (non-hydrogen) atoms. The van der Waals surface area contributed by atoms with E-state index in [1.165, 1.54) is 36.4 Å². The zero-order valence-corrected chi connectivity index (χ0v) is 41.7. The van der Waals surface area contributed by atoms with Gasteiger partial charge in [-0.1, -0.05) is 0 Å². The number of aromatic nitrogens is 2. The molecule has 6 aromatic rings. The summed E-state index contributed by atoms with van der Waals surface area (Å²) < 4.78 is 136. The first kappa shape index (κ1) is 56.8. The van der Waals surface area contributed by atoms with Gasteiger partial charge in [0.25, 0.3) is 11.8 Å². The SMILES string of the molecule is NCC(O)CN1CCC(N2C(=O)COc3ncc(F)cc32)CC1.O=C1COc2ncc(F)cc2N1C1CCN(CC(O)CNc2cc(=O)oc3ccc(F)cc23)CC1.O=c1cc(OS(=O)(=O)C(F)(F)F)c2cc(F)ccc2o1. The van der Waals surface area contributed by atoms with Crippen LogP contribution < -0.4 is 45.8 Å². The summed E-state index contributed by atoms with van der Waals surface area (Å²) in [6.07, 6.45) is 3.65. The minimum Gasteiger partial charge on any atom is -0.466 e. The number of aliphatic hydroxyl groups excluding tert-OH is 2. The molecule has 2 fully saturated rings. The van der Waals surface area contributed by atoms with Crippen molar-refractivity contribution in [3.63, 3.8) is 0 Å². The molecule has 0 radical (unpaired) electrons. The van der Waals surface area contributed by atoms with Crippen LogP contribution >= 0.6 is 0 Å². The number of nitrogens with one attached hydrogen (secondary N) is 1. The smallest absolute Gasteiger partial charge is 0.466 e. The maximum atomic E-state index is 13.8. The summed E-state index contributed by atoms with van der Waals surface area (Å²) in [4.78, 5) is 62.9. The molecule has 21 nitrogen and oxygen atoms in total. The fourth-order valence-electron chi connectivity index (χ4n) is 9.17. The lowest BCUT2D eigenvalue weighted by atomic mass is 10.0. The van der Waals surface area contributed by atoms with Gasteiger partial charge in [-0.3, -0.25) is 9.59 Å². The molecule has 0 bridgehead atoms. The lowest BCUT2D eigenvalue weighted by Crippen LogP contribution is -2.52. The molecule has 29 heteroatoms. The third-order valence-corrected chi connectivity index (χ3v) is 13.7. The minimum atomic E-state index is -5.97. The fourth-order valence-corrected chi connectivity index (χ4v) is 9.64. The van der Waals surface area contributed by atoms with Crippen molar-refractivity contribution in [1.82, 2.24) is 19.8 Å². The molecule has 5 N–H and O–H groups in total. The molecule has 8 heterocycles. The number of piperidine rings is 2. The summed E-state index contributed by atoms with van der Waals surface area (Å²) in [6.45, 7) is 3.86. The molecule has 2 aromatic carbocycles. The third kappa shape index (κ3) is 13.6. The molecule has 4 aromatic heterocycles. The Bertz CT molecular complexity index is 3400. The second kappa shape index (κ2) is 24.1. The van der Waals surface area contributed by atoms with Gasteiger partial charge in [0.2, 0.25) is 11.8 Å². The number of fused-ring (bicyclic) bond motifs is 4. The van der Waals surface area contributed by atoms with E-state index in [0.29, 0.717) is 79.5 Å². The molecule has 0 saturated carbocycles. The Morgan fingerprint density at radius 2 is 1.13 bits per heavy atom. The molecule has 2 saturated heterocycles. The van der Waals surface area contributed by atoms with Crippen molar-refractivity contribution >= 4 is 60.9 Å². The zero-order valence-electron chi connectivity index (χ0n) is 40.8. The maximum Gasteiger partial charge on any atom is 0.534 e. The highest BCUT2D eigenvalue weighted by Crippen LogP contribution is 2.37. The number of hydrogen-bond acceptors (Lipinski definition) is 19. The summed E-state index contributed by atoms with van der Waals surface area (Å²) >= 11 is 0. The number of ether oxygens (including phenoxy) is 2. The van der Waals surface area contributed by atoms with E-state index in [1.54, 1.807) is 9.80 Å². The topological polar surface area (TPSA) is 274 Å². The number of aliphatic hydroxyl groups is 2. The first-order valence-corrected chi connectivity index (χ1v) is 25.4. The number of β-amino-alcohol motifs (C(OH)–C–C–N with tert-alkyl or cyclic N) is 2. The number of nitrogens with two attached hydrogens (primary N) is 1. The molecule has 0 aliphatic carbocycles. The number of likely N-dealkylation sites (tertiary alicyclic amines) is 2. The Morgan fingerprint density at radius 1 is 0.667 bits per heavy atom. The van der Waals surface area contributed by atoms with E-state index in [9.17, 15) is 68.5 Å². The van der Waals surface area contributed by atoms with Gasteiger partial charge in [-0.2, -0.15) is 21.6 Å². The van der Waals surface area contributed by atoms with Crippen molar-refractivity contribution in [1.29, 1.82) is 0 Å². The molecule has 4 aliphatic heterocycles. The molecule has 2 atom stereocenters. The highest BCUT2D eigenvalue weighted by Gasteiger charge is 2.49. The molecular formula is C49H49F7N8O13S. The predicted molar refractivity (Wildman–Crippen MR) is 263 cm³/mol. The third-order valence-electron chi connectivity index (χ3n) is 12.8. The monoisotopic (exact) mass is 1120 g/mol. The van der Waals surface area contributed by atoms with Crippen LogP contribution in [0.15, 0.2) is 91.5 Å². The molecule has 4 aliphatic rings. The zero-order chi connectivity index (χ0) is 56.1. The second-order valence-corrected chi connectivity index (χ2v) is 19.8. The number of carbonyl (C=O) groups is 2. The first-order valence-electron chi connectivity index (χ1n) is 24.0. The number of nitrogens with zero attached hydrogens (tertiary/aromatic N) is 6. The van der Waals surface area contributed by atoms with Crippen LogP contribution in [0, 0.1) is 23.3 Å². The number of alkyl halides is 3. The van der Waals surface area contributed by atoms with E-state index >= 15 is 0 Å². The van der Waals surface area contributed by atoms with Crippen LogP contribution in [0.4, 0.5) is 47.8 Å². The van der Waals surface area contributed by atoms with Gasteiger partial charge in [-0.15, -0.1) is 0 Å². The van der Waals surface area contributed by atoms with Gasteiger partial charge < -0.3 is 63.4 Å². The summed E-state index contributed by atoms with van der Waals surface area (Å²) in [6, 6.07) is 10.4. The Kier molecular flexibility index (Phi) is 17.5. The maximum absolute atomic E-state index is 13.8. The van der Waals surface area contributed by atoms with Crippen LogP contribution in [0.1, 0.15) is 25.7 Å². The number of halogens is 7. The Morgan fingerprint density at radius 3 is 1.62 bits per heavy atom. The molecule has 0 spiro atoms. The number of anilines is 3. The van der Waals surface area contributed by atoms with Crippen LogP contribution in [0.3, 0.4) is 0 Å². The van der Waals surface area contributed by atoms with Gasteiger partial charge in [-0.25, -0.2) is 37.1 Å².